The number of nitrogens with zero attached hydrogens (tertiary/aromatic N) is 2. The number of fused-ring (bicyclic) bond motifs is 1. The number of carbonyl (C=O) groups excluding carboxylic acids is 1. The average Bonchev–Trinajstić information content (AvgIpc) is 2.79. The van der Waals surface area contributed by atoms with Gasteiger partial charge in [-0.25, -0.2) is 4.98 Å². The summed E-state index contributed by atoms with van der Waals surface area (Å²) in [6, 6.07) is 8.98. The number of aromatic nitrogens is 2. The molecule has 1 N–H and O–H groups in total. The second kappa shape index (κ2) is 6.22. The van der Waals surface area contributed by atoms with E-state index in [4.69, 9.17) is 23.2 Å². The van der Waals surface area contributed by atoms with Gasteiger partial charge in [0.25, 0.3) is 5.91 Å². The largest absolute Gasteiger partial charge is 0.337 e. The molecule has 3 aromatic rings. The van der Waals surface area contributed by atoms with Crippen molar-refractivity contribution >= 4 is 45.7 Å². The third kappa shape index (κ3) is 2.92. The first-order chi connectivity index (χ1) is 11.0. The molecule has 4 nitrogen and oxygen atoms in total. The molecule has 118 valence electrons. The molecular formula is C17H15Cl2N3O. The van der Waals surface area contributed by atoms with Crippen molar-refractivity contribution in [2.24, 2.45) is 0 Å². The Morgan fingerprint density at radius 2 is 2.04 bits per heavy atom. The summed E-state index contributed by atoms with van der Waals surface area (Å²) in [5.74, 6) is -0.182. The molecule has 1 aromatic carbocycles. The van der Waals surface area contributed by atoms with Gasteiger partial charge in [-0.3, -0.25) is 4.79 Å². The molecule has 2 heterocycles. The number of hydrogen-bond acceptors (Lipinski definition) is 2. The van der Waals surface area contributed by atoms with Crippen LogP contribution in [0.15, 0.2) is 36.5 Å². The molecule has 2 aromatic heterocycles. The molecule has 6 heteroatoms. The topological polar surface area (TPSA) is 46.9 Å². The maximum atomic E-state index is 12.8. The van der Waals surface area contributed by atoms with Crippen molar-refractivity contribution in [2.45, 2.75) is 20.4 Å². The fourth-order valence-corrected chi connectivity index (χ4v) is 3.13. The molecule has 0 aliphatic rings. The summed E-state index contributed by atoms with van der Waals surface area (Å²) in [7, 11) is 0. The summed E-state index contributed by atoms with van der Waals surface area (Å²) < 4.78 is 1.99. The van der Waals surface area contributed by atoms with E-state index in [-0.39, 0.29) is 5.91 Å². The van der Waals surface area contributed by atoms with Gasteiger partial charge < -0.3 is 9.88 Å². The summed E-state index contributed by atoms with van der Waals surface area (Å²) in [6.45, 7) is 4.62. The number of pyridine rings is 1. The number of halogens is 2. The van der Waals surface area contributed by atoms with E-state index < -0.39 is 0 Å². The Bertz CT molecular complexity index is 902. The van der Waals surface area contributed by atoms with Crippen LogP contribution in [0.2, 0.25) is 10.2 Å². The lowest BCUT2D eigenvalue weighted by Crippen LogP contribution is -2.17. The van der Waals surface area contributed by atoms with Crippen LogP contribution in [0.1, 0.15) is 23.0 Å². The molecule has 23 heavy (non-hydrogen) atoms. The maximum absolute atomic E-state index is 12.8. The van der Waals surface area contributed by atoms with Crippen LogP contribution in [-0.2, 0) is 6.54 Å². The van der Waals surface area contributed by atoms with Crippen LogP contribution < -0.4 is 5.32 Å². The normalized spacial score (nSPS) is 11.0. The first-order valence-corrected chi connectivity index (χ1v) is 7.98. The molecule has 0 saturated carbocycles. The fraction of sp³-hybridized carbons (Fsp3) is 0.176. The van der Waals surface area contributed by atoms with Crippen molar-refractivity contribution in [3.05, 3.63) is 58.0 Å². The highest BCUT2D eigenvalue weighted by atomic mass is 35.5. The van der Waals surface area contributed by atoms with Crippen molar-refractivity contribution in [3.8, 4) is 0 Å². The zero-order valence-electron chi connectivity index (χ0n) is 12.7. The average molecular weight is 348 g/mol. The van der Waals surface area contributed by atoms with E-state index in [1.807, 2.05) is 36.6 Å². The van der Waals surface area contributed by atoms with Gasteiger partial charge in [0.1, 0.15) is 10.8 Å². The van der Waals surface area contributed by atoms with Gasteiger partial charge in [-0.1, -0.05) is 23.2 Å². The van der Waals surface area contributed by atoms with Crippen LogP contribution >= 0.6 is 23.2 Å². The van der Waals surface area contributed by atoms with Gasteiger partial charge in [0.05, 0.1) is 0 Å². The first-order valence-electron chi connectivity index (χ1n) is 7.22. The fourth-order valence-electron chi connectivity index (χ4n) is 2.79. The number of amides is 1. The molecule has 0 saturated heterocycles. The number of carbonyl (C=O) groups is 1. The maximum Gasteiger partial charge on any atom is 0.272 e. The number of benzene rings is 1. The lowest BCUT2D eigenvalue weighted by atomic mass is 10.1. The molecule has 0 aliphatic heterocycles. The number of nitrogens with one attached hydrogen (secondary N) is 1. The van der Waals surface area contributed by atoms with Crippen LogP contribution in [0.25, 0.3) is 10.9 Å². The van der Waals surface area contributed by atoms with Gasteiger partial charge in [-0.05, 0) is 49.7 Å². The smallest absolute Gasteiger partial charge is 0.272 e. The lowest BCUT2D eigenvalue weighted by molar-refractivity contribution is 0.101. The van der Waals surface area contributed by atoms with Crippen molar-refractivity contribution in [1.82, 2.24) is 9.55 Å². The van der Waals surface area contributed by atoms with Crippen LogP contribution in [0.4, 0.5) is 5.69 Å². The summed E-state index contributed by atoms with van der Waals surface area (Å²) in [5.41, 5.74) is 3.13. The summed E-state index contributed by atoms with van der Waals surface area (Å²) in [4.78, 5) is 16.7. The predicted octanol–water partition coefficient (Wildman–Crippen LogP) is 4.92. The first kappa shape index (κ1) is 15.8. The Morgan fingerprint density at radius 3 is 2.74 bits per heavy atom. The Balaban J connectivity index is 2.08. The molecule has 0 aliphatic carbocycles. The Morgan fingerprint density at radius 1 is 1.26 bits per heavy atom. The molecule has 0 atom stereocenters. The van der Waals surface area contributed by atoms with E-state index in [9.17, 15) is 4.79 Å². The van der Waals surface area contributed by atoms with E-state index in [0.29, 0.717) is 28.1 Å². The number of anilines is 1. The number of hydrogen-bond donors (Lipinski definition) is 1. The predicted molar refractivity (Wildman–Crippen MR) is 94.6 cm³/mol. The van der Waals surface area contributed by atoms with E-state index in [2.05, 4.69) is 10.3 Å². The minimum absolute atomic E-state index is 0.182. The van der Waals surface area contributed by atoms with Crippen molar-refractivity contribution in [2.75, 3.05) is 5.32 Å². The summed E-state index contributed by atoms with van der Waals surface area (Å²) in [5, 5.41) is 4.85. The van der Waals surface area contributed by atoms with Crippen molar-refractivity contribution in [3.63, 3.8) is 0 Å². The summed E-state index contributed by atoms with van der Waals surface area (Å²) in [6.07, 6.45) is 1.56. The standard InChI is InChI=1S/C17H15Cl2N3O/c1-3-22-14-5-4-11(18)8-13(14)10(2)16(22)17(23)21-12-6-7-20-15(19)9-12/h4-9H,3H2,1-2H3,(H,20,21,23). The molecule has 0 spiro atoms. The second-order valence-electron chi connectivity index (χ2n) is 5.20. The quantitative estimate of drug-likeness (QED) is 0.683. The highest BCUT2D eigenvalue weighted by Gasteiger charge is 2.20. The number of aryl methyl sites for hydroxylation is 2. The van der Waals surface area contributed by atoms with Crippen LogP contribution in [-0.4, -0.2) is 15.5 Å². The van der Waals surface area contributed by atoms with Gasteiger partial charge in [0.2, 0.25) is 0 Å². The highest BCUT2D eigenvalue weighted by molar-refractivity contribution is 6.31. The third-order valence-electron chi connectivity index (χ3n) is 3.79. The van der Waals surface area contributed by atoms with Crippen molar-refractivity contribution < 1.29 is 4.79 Å². The van der Waals surface area contributed by atoms with E-state index in [1.54, 1.807) is 18.3 Å². The lowest BCUT2D eigenvalue weighted by Gasteiger charge is -2.10. The number of rotatable bonds is 3. The van der Waals surface area contributed by atoms with Gasteiger partial charge in [0.15, 0.2) is 0 Å². The van der Waals surface area contributed by atoms with Gasteiger partial charge in [-0.15, -0.1) is 0 Å². The Kier molecular flexibility index (Phi) is 4.28. The molecular weight excluding hydrogens is 333 g/mol. The van der Waals surface area contributed by atoms with E-state index in [0.717, 1.165) is 16.5 Å². The monoisotopic (exact) mass is 347 g/mol. The minimum atomic E-state index is -0.182. The van der Waals surface area contributed by atoms with Crippen molar-refractivity contribution in [1.29, 1.82) is 0 Å². The molecule has 0 fully saturated rings. The molecule has 3 rings (SSSR count). The second-order valence-corrected chi connectivity index (χ2v) is 6.02. The van der Waals surface area contributed by atoms with E-state index in [1.165, 1.54) is 0 Å². The zero-order chi connectivity index (χ0) is 16.6. The minimum Gasteiger partial charge on any atom is -0.337 e. The van der Waals surface area contributed by atoms with Gasteiger partial charge in [0, 0.05) is 34.4 Å². The highest BCUT2D eigenvalue weighted by Crippen LogP contribution is 2.29. The van der Waals surface area contributed by atoms with Crippen LogP contribution in [0, 0.1) is 6.92 Å². The summed E-state index contributed by atoms with van der Waals surface area (Å²) >= 11 is 12.0. The van der Waals surface area contributed by atoms with Crippen LogP contribution in [0.3, 0.4) is 0 Å². The molecule has 0 bridgehead atoms. The van der Waals surface area contributed by atoms with Gasteiger partial charge in [-0.2, -0.15) is 0 Å². The Labute approximate surface area is 144 Å². The third-order valence-corrected chi connectivity index (χ3v) is 4.24. The zero-order valence-corrected chi connectivity index (χ0v) is 14.2. The van der Waals surface area contributed by atoms with Gasteiger partial charge >= 0.3 is 0 Å². The Hall–Kier alpha value is -2.04. The van der Waals surface area contributed by atoms with E-state index >= 15 is 0 Å². The SMILES string of the molecule is CCn1c(C(=O)Nc2ccnc(Cl)c2)c(C)c2cc(Cl)ccc21. The molecule has 1 amide bonds. The molecule has 0 radical (unpaired) electrons. The molecule has 0 unspecified atom stereocenters. The van der Waals surface area contributed by atoms with Crippen LogP contribution in [0.5, 0.6) is 0 Å².